The van der Waals surface area contributed by atoms with Crippen molar-refractivity contribution in [2.75, 3.05) is 25.7 Å². The number of para-hydroxylation sites is 1. The minimum Gasteiger partial charge on any atom is -0.469 e. The van der Waals surface area contributed by atoms with Crippen LogP contribution in [0.3, 0.4) is 0 Å². The van der Waals surface area contributed by atoms with Gasteiger partial charge in [0.2, 0.25) is 5.91 Å². The Morgan fingerprint density at radius 1 is 1.14 bits per heavy atom. The molecule has 0 unspecified atom stereocenters. The minimum atomic E-state index is -0.537. The highest BCUT2D eigenvalue weighted by atomic mass is 16.5. The second-order valence-electron chi connectivity index (χ2n) is 4.38. The summed E-state index contributed by atoms with van der Waals surface area (Å²) < 4.78 is 9.25. The smallest absolute Gasteiger partial charge is 0.339 e. The summed E-state index contributed by atoms with van der Waals surface area (Å²) in [7, 11) is 2.54. The van der Waals surface area contributed by atoms with E-state index in [1.807, 2.05) is 0 Å². The summed E-state index contributed by atoms with van der Waals surface area (Å²) in [6.07, 6.45) is 1.50. The van der Waals surface area contributed by atoms with Gasteiger partial charge in [-0.1, -0.05) is 18.2 Å². The number of esters is 2. The van der Waals surface area contributed by atoms with Gasteiger partial charge in [-0.05, 0) is 12.1 Å². The van der Waals surface area contributed by atoms with Crippen molar-refractivity contribution in [2.45, 2.75) is 12.8 Å². The molecular formula is C16H19NO5. The number of anilines is 1. The molecule has 1 aromatic rings. The van der Waals surface area contributed by atoms with Crippen molar-refractivity contribution < 1.29 is 23.9 Å². The van der Waals surface area contributed by atoms with Crippen LogP contribution >= 0.6 is 0 Å². The minimum absolute atomic E-state index is 0.0178. The molecule has 0 N–H and O–H groups in total. The van der Waals surface area contributed by atoms with E-state index >= 15 is 0 Å². The third-order valence-corrected chi connectivity index (χ3v) is 2.98. The number of carbonyl (C=O) groups excluding carboxylic acids is 3. The number of carbonyl (C=O) groups is 3. The van der Waals surface area contributed by atoms with E-state index in [2.05, 4.69) is 11.3 Å². The Labute approximate surface area is 129 Å². The lowest BCUT2D eigenvalue weighted by molar-refractivity contribution is -0.141. The fourth-order valence-electron chi connectivity index (χ4n) is 1.90. The van der Waals surface area contributed by atoms with Gasteiger partial charge in [0.05, 0.1) is 31.9 Å². The van der Waals surface area contributed by atoms with Crippen molar-refractivity contribution in [2.24, 2.45) is 0 Å². The van der Waals surface area contributed by atoms with Gasteiger partial charge in [0.15, 0.2) is 0 Å². The number of nitrogens with zero attached hydrogens (tertiary/aromatic N) is 1. The Kier molecular flexibility index (Phi) is 6.82. The summed E-state index contributed by atoms with van der Waals surface area (Å²) in [5.41, 5.74) is 0.697. The zero-order chi connectivity index (χ0) is 16.5. The second-order valence-corrected chi connectivity index (χ2v) is 4.38. The SMILES string of the molecule is C=CCN(C(=O)CCC(=O)OC)c1ccccc1C(=O)OC. The molecule has 6 heteroatoms. The molecule has 0 aromatic heterocycles. The lowest BCUT2D eigenvalue weighted by Crippen LogP contribution is -2.32. The Morgan fingerprint density at radius 2 is 1.82 bits per heavy atom. The highest BCUT2D eigenvalue weighted by molar-refractivity contribution is 6.03. The average Bonchev–Trinajstić information content (AvgIpc) is 2.56. The van der Waals surface area contributed by atoms with Gasteiger partial charge in [-0.25, -0.2) is 4.79 Å². The van der Waals surface area contributed by atoms with Crippen LogP contribution in [0.5, 0.6) is 0 Å². The highest BCUT2D eigenvalue weighted by Crippen LogP contribution is 2.22. The summed E-state index contributed by atoms with van der Waals surface area (Å²) in [6, 6.07) is 6.61. The van der Waals surface area contributed by atoms with E-state index in [4.69, 9.17) is 4.74 Å². The zero-order valence-electron chi connectivity index (χ0n) is 12.7. The van der Waals surface area contributed by atoms with Crippen molar-refractivity contribution in [3.63, 3.8) is 0 Å². The molecule has 1 rings (SSSR count). The average molecular weight is 305 g/mol. The largest absolute Gasteiger partial charge is 0.469 e. The fourth-order valence-corrected chi connectivity index (χ4v) is 1.90. The number of hydrogen-bond acceptors (Lipinski definition) is 5. The van der Waals surface area contributed by atoms with Gasteiger partial charge < -0.3 is 14.4 Å². The van der Waals surface area contributed by atoms with E-state index < -0.39 is 11.9 Å². The summed E-state index contributed by atoms with van der Waals surface area (Å²) in [5, 5.41) is 0. The molecule has 0 atom stereocenters. The normalized spacial score (nSPS) is 9.73. The lowest BCUT2D eigenvalue weighted by Gasteiger charge is -2.23. The number of rotatable bonds is 7. The van der Waals surface area contributed by atoms with Gasteiger partial charge in [-0.3, -0.25) is 9.59 Å². The molecule has 6 nitrogen and oxygen atoms in total. The van der Waals surface area contributed by atoms with Crippen LogP contribution in [0.2, 0.25) is 0 Å². The molecule has 0 aliphatic carbocycles. The van der Waals surface area contributed by atoms with Crippen LogP contribution in [0, 0.1) is 0 Å². The van der Waals surface area contributed by atoms with Gasteiger partial charge in [-0.15, -0.1) is 6.58 Å². The molecule has 0 heterocycles. The van der Waals surface area contributed by atoms with Crippen LogP contribution in [0.25, 0.3) is 0 Å². The molecular weight excluding hydrogens is 286 g/mol. The number of benzene rings is 1. The van der Waals surface area contributed by atoms with Crippen molar-refractivity contribution in [3.8, 4) is 0 Å². The van der Waals surface area contributed by atoms with Crippen molar-refractivity contribution >= 4 is 23.5 Å². The molecule has 0 bridgehead atoms. The van der Waals surface area contributed by atoms with Crippen LogP contribution in [0.4, 0.5) is 5.69 Å². The molecule has 0 radical (unpaired) electrons. The van der Waals surface area contributed by atoms with E-state index in [1.54, 1.807) is 30.3 Å². The standard InChI is InChI=1S/C16H19NO5/c1-4-11-17(14(18)9-10-15(19)21-2)13-8-6-5-7-12(13)16(20)22-3/h4-8H,1,9-11H2,2-3H3. The van der Waals surface area contributed by atoms with Gasteiger partial charge in [0, 0.05) is 13.0 Å². The van der Waals surface area contributed by atoms with Gasteiger partial charge >= 0.3 is 11.9 Å². The number of methoxy groups -OCH3 is 2. The lowest BCUT2D eigenvalue weighted by atomic mass is 10.1. The molecule has 118 valence electrons. The molecule has 1 amide bonds. The first-order valence-electron chi connectivity index (χ1n) is 6.70. The van der Waals surface area contributed by atoms with Crippen LogP contribution in [0.15, 0.2) is 36.9 Å². The molecule has 0 saturated carbocycles. The molecule has 0 spiro atoms. The quantitative estimate of drug-likeness (QED) is 0.568. The molecule has 22 heavy (non-hydrogen) atoms. The predicted octanol–water partition coefficient (Wildman–Crippen LogP) is 1.95. The molecule has 0 aliphatic heterocycles. The molecule has 0 aliphatic rings. The third-order valence-electron chi connectivity index (χ3n) is 2.98. The van der Waals surface area contributed by atoms with Crippen molar-refractivity contribution in [1.29, 1.82) is 0 Å². The first-order chi connectivity index (χ1) is 10.5. The molecule has 0 saturated heterocycles. The number of ether oxygens (including phenoxy) is 2. The van der Waals surface area contributed by atoms with Crippen LogP contribution in [-0.2, 0) is 19.1 Å². The monoisotopic (exact) mass is 305 g/mol. The van der Waals surface area contributed by atoms with Gasteiger partial charge in [0.25, 0.3) is 0 Å². The van der Waals surface area contributed by atoms with E-state index in [-0.39, 0.29) is 30.9 Å². The topological polar surface area (TPSA) is 72.9 Å². The maximum absolute atomic E-state index is 12.3. The van der Waals surface area contributed by atoms with Gasteiger partial charge in [-0.2, -0.15) is 0 Å². The Bertz CT molecular complexity index is 567. The summed E-state index contributed by atoms with van der Waals surface area (Å²) in [5.74, 6) is -1.31. The number of amides is 1. The Hall–Kier alpha value is -2.63. The van der Waals surface area contributed by atoms with Gasteiger partial charge in [0.1, 0.15) is 0 Å². The zero-order valence-corrected chi connectivity index (χ0v) is 12.7. The van der Waals surface area contributed by atoms with Crippen LogP contribution in [-0.4, -0.2) is 38.6 Å². The van der Waals surface area contributed by atoms with E-state index in [1.165, 1.54) is 19.1 Å². The summed E-state index contributed by atoms with van der Waals surface area (Å²) in [4.78, 5) is 36.7. The maximum atomic E-state index is 12.3. The van der Waals surface area contributed by atoms with Crippen LogP contribution < -0.4 is 4.90 Å². The first kappa shape index (κ1) is 17.4. The second kappa shape index (κ2) is 8.61. The molecule has 1 aromatic carbocycles. The molecule has 0 fully saturated rings. The predicted molar refractivity (Wildman–Crippen MR) is 81.6 cm³/mol. The first-order valence-corrected chi connectivity index (χ1v) is 6.70. The summed E-state index contributed by atoms with van der Waals surface area (Å²) in [6.45, 7) is 3.83. The van der Waals surface area contributed by atoms with E-state index in [0.29, 0.717) is 5.69 Å². The third kappa shape index (κ3) is 4.44. The Balaban J connectivity index is 3.05. The highest BCUT2D eigenvalue weighted by Gasteiger charge is 2.21. The van der Waals surface area contributed by atoms with E-state index in [9.17, 15) is 14.4 Å². The van der Waals surface area contributed by atoms with Crippen molar-refractivity contribution in [3.05, 3.63) is 42.5 Å². The van der Waals surface area contributed by atoms with E-state index in [0.717, 1.165) is 0 Å². The summed E-state index contributed by atoms with van der Waals surface area (Å²) >= 11 is 0. The van der Waals surface area contributed by atoms with Crippen molar-refractivity contribution in [1.82, 2.24) is 0 Å². The Morgan fingerprint density at radius 3 is 2.41 bits per heavy atom. The van der Waals surface area contributed by atoms with Crippen LogP contribution in [0.1, 0.15) is 23.2 Å². The number of hydrogen-bond donors (Lipinski definition) is 0. The fraction of sp³-hybridized carbons (Fsp3) is 0.312. The maximum Gasteiger partial charge on any atom is 0.339 e.